The molecule has 2 aromatic carbocycles. The zero-order valence-electron chi connectivity index (χ0n) is 15.9. The molecular formula is C23H24N2O2. The predicted octanol–water partition coefficient (Wildman–Crippen LogP) is 5.12. The first-order valence-corrected chi connectivity index (χ1v) is 9.26. The Labute approximate surface area is 158 Å². The van der Waals surface area contributed by atoms with Crippen molar-refractivity contribution in [2.24, 2.45) is 0 Å². The van der Waals surface area contributed by atoms with Crippen LogP contribution in [0.15, 0.2) is 54.7 Å². The van der Waals surface area contributed by atoms with Crippen LogP contribution in [0.25, 0.3) is 21.8 Å². The topological polar surface area (TPSA) is 57.9 Å². The highest BCUT2D eigenvalue weighted by Gasteiger charge is 2.21. The summed E-state index contributed by atoms with van der Waals surface area (Å²) in [5.74, 6) is -0.201. The third-order valence-electron chi connectivity index (χ3n) is 4.69. The summed E-state index contributed by atoms with van der Waals surface area (Å²) in [4.78, 5) is 19.3. The van der Waals surface area contributed by atoms with Gasteiger partial charge in [-0.3, -0.25) is 4.79 Å². The minimum atomic E-state index is -0.486. The van der Waals surface area contributed by atoms with Crippen molar-refractivity contribution in [1.29, 1.82) is 0 Å². The molecule has 2 N–H and O–H groups in total. The van der Waals surface area contributed by atoms with E-state index in [2.05, 4.69) is 28.2 Å². The highest BCUT2D eigenvalue weighted by Crippen LogP contribution is 2.28. The lowest BCUT2D eigenvalue weighted by atomic mass is 10.0. The van der Waals surface area contributed by atoms with Crippen LogP contribution in [0.1, 0.15) is 37.6 Å². The molecule has 27 heavy (non-hydrogen) atoms. The quantitative estimate of drug-likeness (QED) is 0.496. The van der Waals surface area contributed by atoms with Crippen molar-refractivity contribution in [3.63, 3.8) is 0 Å². The molecule has 2 aromatic heterocycles. The number of para-hydroxylation sites is 2. The maximum Gasteiger partial charge on any atom is 0.310 e. The normalized spacial score (nSPS) is 12.0. The van der Waals surface area contributed by atoms with Gasteiger partial charge in [0.05, 0.1) is 6.42 Å². The summed E-state index contributed by atoms with van der Waals surface area (Å²) in [6.07, 6.45) is 3.04. The molecule has 0 spiro atoms. The number of nitrogens with one attached hydrogen (secondary N) is 2. The number of fused-ring (bicyclic) bond motifs is 2. The van der Waals surface area contributed by atoms with Crippen molar-refractivity contribution >= 4 is 27.8 Å². The lowest BCUT2D eigenvalue weighted by Crippen LogP contribution is -2.25. The molecule has 0 unspecified atom stereocenters. The summed E-state index contributed by atoms with van der Waals surface area (Å²) in [5.41, 5.74) is 4.97. The van der Waals surface area contributed by atoms with Crippen LogP contribution in [0.4, 0.5) is 0 Å². The van der Waals surface area contributed by atoms with Crippen LogP contribution in [-0.2, 0) is 22.4 Å². The molecule has 4 aromatic rings. The van der Waals surface area contributed by atoms with Gasteiger partial charge in [-0.2, -0.15) is 0 Å². The molecule has 4 heteroatoms. The molecule has 0 atom stereocenters. The predicted molar refractivity (Wildman–Crippen MR) is 109 cm³/mol. The number of hydrogen-bond acceptors (Lipinski definition) is 2. The summed E-state index contributed by atoms with van der Waals surface area (Å²) >= 11 is 0. The van der Waals surface area contributed by atoms with Gasteiger partial charge in [-0.05, 0) is 44.0 Å². The van der Waals surface area contributed by atoms with E-state index in [9.17, 15) is 4.79 Å². The van der Waals surface area contributed by atoms with E-state index in [0.29, 0.717) is 0 Å². The summed E-state index contributed by atoms with van der Waals surface area (Å²) in [6, 6.07) is 16.4. The molecular weight excluding hydrogens is 336 g/mol. The molecule has 4 nitrogen and oxygen atoms in total. The van der Waals surface area contributed by atoms with Crippen LogP contribution in [0, 0.1) is 0 Å². The van der Waals surface area contributed by atoms with Gasteiger partial charge in [0, 0.05) is 40.1 Å². The fraction of sp³-hybridized carbons (Fsp3) is 0.261. The summed E-state index contributed by atoms with van der Waals surface area (Å²) < 4.78 is 5.56. The Morgan fingerprint density at radius 3 is 2.37 bits per heavy atom. The van der Waals surface area contributed by atoms with Gasteiger partial charge < -0.3 is 14.7 Å². The fourth-order valence-electron chi connectivity index (χ4n) is 3.60. The number of ether oxygens (including phenoxy) is 1. The van der Waals surface area contributed by atoms with E-state index in [-0.39, 0.29) is 12.4 Å². The minimum Gasteiger partial charge on any atom is -0.460 e. The van der Waals surface area contributed by atoms with Gasteiger partial charge in [0.25, 0.3) is 0 Å². The van der Waals surface area contributed by atoms with E-state index in [1.807, 2.05) is 57.3 Å². The summed E-state index contributed by atoms with van der Waals surface area (Å²) in [5, 5.41) is 2.29. The van der Waals surface area contributed by atoms with E-state index in [0.717, 1.165) is 34.1 Å². The number of rotatable bonds is 4. The van der Waals surface area contributed by atoms with Gasteiger partial charge in [0.2, 0.25) is 0 Å². The van der Waals surface area contributed by atoms with E-state index in [1.165, 1.54) is 10.9 Å². The molecule has 4 rings (SSSR count). The molecule has 0 saturated heterocycles. The van der Waals surface area contributed by atoms with Gasteiger partial charge >= 0.3 is 5.97 Å². The Morgan fingerprint density at radius 1 is 0.963 bits per heavy atom. The number of H-pyrrole nitrogens is 2. The molecule has 0 bridgehead atoms. The average Bonchev–Trinajstić information content (AvgIpc) is 3.16. The smallest absolute Gasteiger partial charge is 0.310 e. The summed E-state index contributed by atoms with van der Waals surface area (Å²) in [7, 11) is 0. The van der Waals surface area contributed by atoms with Gasteiger partial charge in [0.15, 0.2) is 0 Å². The second kappa shape index (κ2) is 6.62. The minimum absolute atomic E-state index is 0.201. The Hall–Kier alpha value is -3.01. The average molecular weight is 360 g/mol. The third-order valence-corrected chi connectivity index (χ3v) is 4.69. The van der Waals surface area contributed by atoms with Gasteiger partial charge in [-0.1, -0.05) is 36.4 Å². The molecule has 2 heterocycles. The van der Waals surface area contributed by atoms with Gasteiger partial charge in [-0.25, -0.2) is 0 Å². The van der Waals surface area contributed by atoms with Crippen molar-refractivity contribution < 1.29 is 9.53 Å². The lowest BCUT2D eigenvalue weighted by molar-refractivity contribution is -0.153. The molecule has 0 aliphatic heterocycles. The van der Waals surface area contributed by atoms with Crippen LogP contribution >= 0.6 is 0 Å². The molecule has 0 saturated carbocycles. The van der Waals surface area contributed by atoms with Crippen LogP contribution < -0.4 is 0 Å². The molecule has 138 valence electrons. The number of hydrogen-bond donors (Lipinski definition) is 2. The number of aromatic nitrogens is 2. The number of carbonyl (C=O) groups excluding carboxylic acids is 1. The van der Waals surface area contributed by atoms with Crippen LogP contribution in [0.5, 0.6) is 0 Å². The fourth-order valence-corrected chi connectivity index (χ4v) is 3.60. The monoisotopic (exact) mass is 360 g/mol. The second-order valence-electron chi connectivity index (χ2n) is 7.93. The molecule has 0 aliphatic rings. The van der Waals surface area contributed by atoms with Crippen molar-refractivity contribution in [3.8, 4) is 0 Å². The maximum absolute atomic E-state index is 12.5. The highest BCUT2D eigenvalue weighted by molar-refractivity contribution is 5.89. The van der Waals surface area contributed by atoms with Crippen molar-refractivity contribution in [3.05, 3.63) is 71.5 Å². The van der Waals surface area contributed by atoms with Crippen molar-refractivity contribution in [2.75, 3.05) is 0 Å². The summed E-state index contributed by atoms with van der Waals surface area (Å²) in [6.45, 7) is 5.69. The Kier molecular flexibility index (Phi) is 4.27. The Balaban J connectivity index is 1.72. The number of benzene rings is 2. The van der Waals surface area contributed by atoms with Crippen LogP contribution in [-0.4, -0.2) is 21.5 Å². The molecule has 0 radical (unpaired) electrons. The van der Waals surface area contributed by atoms with E-state index >= 15 is 0 Å². The molecule has 0 aliphatic carbocycles. The SMILES string of the molecule is CC(C)(C)OC(=O)Cc1c(Cc2c[nH]c3ccccc23)[nH]c2ccccc12. The largest absolute Gasteiger partial charge is 0.460 e. The number of carbonyl (C=O) groups is 1. The number of aromatic amines is 2. The lowest BCUT2D eigenvalue weighted by Gasteiger charge is -2.19. The molecule has 0 amide bonds. The Bertz CT molecular complexity index is 1110. The van der Waals surface area contributed by atoms with E-state index < -0.39 is 5.60 Å². The zero-order chi connectivity index (χ0) is 19.0. The standard InChI is InChI=1S/C23H24N2O2/c1-23(2,3)27-22(26)13-18-17-9-5-7-11-20(17)25-21(18)12-15-14-24-19-10-6-4-8-16(15)19/h4-11,14,24-25H,12-13H2,1-3H3. The first-order chi connectivity index (χ1) is 12.9. The van der Waals surface area contributed by atoms with Crippen LogP contribution in [0.3, 0.4) is 0 Å². The first kappa shape index (κ1) is 17.4. The third kappa shape index (κ3) is 3.61. The molecule has 0 fully saturated rings. The van der Waals surface area contributed by atoms with Crippen molar-refractivity contribution in [1.82, 2.24) is 9.97 Å². The van der Waals surface area contributed by atoms with E-state index in [1.54, 1.807) is 0 Å². The van der Waals surface area contributed by atoms with Crippen LogP contribution in [0.2, 0.25) is 0 Å². The Morgan fingerprint density at radius 2 is 1.63 bits per heavy atom. The zero-order valence-corrected chi connectivity index (χ0v) is 15.9. The highest BCUT2D eigenvalue weighted by atomic mass is 16.6. The first-order valence-electron chi connectivity index (χ1n) is 9.26. The van der Waals surface area contributed by atoms with E-state index in [4.69, 9.17) is 4.74 Å². The number of esters is 1. The van der Waals surface area contributed by atoms with Gasteiger partial charge in [-0.15, -0.1) is 0 Å². The second-order valence-corrected chi connectivity index (χ2v) is 7.93. The van der Waals surface area contributed by atoms with Gasteiger partial charge in [0.1, 0.15) is 5.60 Å². The maximum atomic E-state index is 12.5. The van der Waals surface area contributed by atoms with Crippen molar-refractivity contribution in [2.45, 2.75) is 39.2 Å².